The van der Waals surface area contributed by atoms with Crippen molar-refractivity contribution >= 4 is 37.8 Å². The zero-order valence-corrected chi connectivity index (χ0v) is 27.0. The first-order chi connectivity index (χ1) is 20.7. The van der Waals surface area contributed by atoms with E-state index in [9.17, 15) is 4.79 Å². The second-order valence-corrected chi connectivity index (χ2v) is 12.2. The van der Waals surface area contributed by atoms with Crippen LogP contribution in [0.15, 0.2) is 24.3 Å². The number of esters is 1. The van der Waals surface area contributed by atoms with Gasteiger partial charge in [0.15, 0.2) is 11.6 Å². The van der Waals surface area contributed by atoms with Gasteiger partial charge in [-0.15, -0.1) is 0 Å². The Bertz CT molecular complexity index is 1200. The topological polar surface area (TPSA) is 162 Å². The minimum Gasteiger partial charge on any atom is -0.461 e. The maximum Gasteiger partial charge on any atom is 0.323 e. The van der Waals surface area contributed by atoms with E-state index < -0.39 is 14.6 Å². The Balaban J connectivity index is 0.00000207. The molecule has 2 aromatic rings. The van der Waals surface area contributed by atoms with Gasteiger partial charge >= 0.3 is 14.5 Å². The highest BCUT2D eigenvalue weighted by Crippen LogP contribution is 2.42. The largest absolute Gasteiger partial charge is 0.461 e. The Morgan fingerprint density at radius 1 is 1.26 bits per heavy atom. The fraction of sp³-hybridized carbons (Fsp3) is 0.621. The number of nitrogens with one attached hydrogen (secondary N) is 2. The number of fused-ring (bicyclic) bond motifs is 1. The van der Waals surface area contributed by atoms with E-state index in [4.69, 9.17) is 30.1 Å². The quantitative estimate of drug-likeness (QED) is 0.121. The van der Waals surface area contributed by atoms with E-state index >= 15 is 0 Å². The van der Waals surface area contributed by atoms with Crippen LogP contribution in [0.5, 0.6) is 5.75 Å². The molecule has 14 heteroatoms. The molecule has 2 aliphatic heterocycles. The molecule has 0 spiro atoms. The second-order valence-electron chi connectivity index (χ2n) is 11.0. The standard InChI is InChI=1S/C27H41N8O5P.C2H6/c1-16-9-11-20(12-10-16)40-41(33-18(3)26(36)39-19-7-5-6-8-19)37-14-21-13-17(2)25(38-21)35-15-30-22-23(34(4)29)31-27(28)32-24(22)35;1-2/h9-12,17-19,21,25,30,33H,5-8,13-15,29H2,1-4H3,(H2,28,31,32);1-2H3. The molecule has 1 aliphatic carbocycles. The van der Waals surface area contributed by atoms with E-state index in [1.165, 1.54) is 5.01 Å². The van der Waals surface area contributed by atoms with E-state index in [2.05, 4.69) is 27.3 Å². The number of aryl methyl sites for hydroxylation is 1. The third kappa shape index (κ3) is 8.36. The van der Waals surface area contributed by atoms with Gasteiger partial charge in [-0.05, 0) is 58.1 Å². The first-order valence-corrected chi connectivity index (χ1v) is 16.3. The van der Waals surface area contributed by atoms with Crippen molar-refractivity contribution in [1.29, 1.82) is 0 Å². The Morgan fingerprint density at radius 2 is 1.95 bits per heavy atom. The summed E-state index contributed by atoms with van der Waals surface area (Å²) < 4.78 is 24.6. The molecular formula is C29H47N8O5P. The number of nitrogens with zero attached hydrogens (tertiary/aromatic N) is 4. The van der Waals surface area contributed by atoms with Crippen LogP contribution in [-0.4, -0.2) is 60.7 Å². The van der Waals surface area contributed by atoms with Crippen molar-refractivity contribution in [2.24, 2.45) is 11.8 Å². The molecule has 5 rings (SSSR count). The molecule has 0 bridgehead atoms. The molecule has 238 valence electrons. The predicted octanol–water partition coefficient (Wildman–Crippen LogP) is 4.43. The van der Waals surface area contributed by atoms with Gasteiger partial charge in [-0.25, -0.2) is 10.9 Å². The smallest absolute Gasteiger partial charge is 0.323 e. The van der Waals surface area contributed by atoms with E-state index in [1.807, 2.05) is 49.9 Å². The summed E-state index contributed by atoms with van der Waals surface area (Å²) in [6.45, 7) is 10.7. The number of rotatable bonds is 11. The van der Waals surface area contributed by atoms with Crippen molar-refractivity contribution in [3.63, 3.8) is 0 Å². The maximum absolute atomic E-state index is 12.8. The van der Waals surface area contributed by atoms with Crippen LogP contribution in [0.25, 0.3) is 0 Å². The van der Waals surface area contributed by atoms with Gasteiger partial charge in [0.2, 0.25) is 5.95 Å². The fourth-order valence-corrected chi connectivity index (χ4v) is 6.57. The Morgan fingerprint density at radius 3 is 2.63 bits per heavy atom. The van der Waals surface area contributed by atoms with Crippen molar-refractivity contribution in [2.45, 2.75) is 91.2 Å². The monoisotopic (exact) mass is 618 g/mol. The first kappa shape index (κ1) is 32.9. The number of carbonyl (C=O) groups is 1. The number of hydrogen-bond donors (Lipinski definition) is 4. The number of benzene rings is 1. The van der Waals surface area contributed by atoms with E-state index in [-0.39, 0.29) is 42.9 Å². The van der Waals surface area contributed by atoms with Gasteiger partial charge in [-0.3, -0.25) is 9.80 Å². The van der Waals surface area contributed by atoms with Crippen LogP contribution in [0.1, 0.15) is 65.4 Å². The molecule has 13 nitrogen and oxygen atoms in total. The molecule has 3 aliphatic rings. The lowest BCUT2D eigenvalue weighted by atomic mass is 10.1. The highest BCUT2D eigenvalue weighted by Gasteiger charge is 2.41. The molecule has 43 heavy (non-hydrogen) atoms. The van der Waals surface area contributed by atoms with E-state index in [0.717, 1.165) is 43.4 Å². The summed E-state index contributed by atoms with van der Waals surface area (Å²) in [5.41, 5.74) is 7.82. The minimum atomic E-state index is -1.66. The third-order valence-electron chi connectivity index (χ3n) is 7.51. The lowest BCUT2D eigenvalue weighted by molar-refractivity contribution is -0.150. The normalized spacial score (nSPS) is 22.7. The average molecular weight is 619 g/mol. The van der Waals surface area contributed by atoms with Crippen LogP contribution in [0.4, 0.5) is 23.3 Å². The van der Waals surface area contributed by atoms with E-state index in [0.29, 0.717) is 24.1 Å². The van der Waals surface area contributed by atoms with Crippen LogP contribution in [0.3, 0.4) is 0 Å². The second kappa shape index (κ2) is 15.2. The molecule has 0 radical (unpaired) electrons. The van der Waals surface area contributed by atoms with Crippen LogP contribution in [0, 0.1) is 12.8 Å². The molecular weight excluding hydrogens is 571 g/mol. The highest BCUT2D eigenvalue weighted by atomic mass is 31.2. The van der Waals surface area contributed by atoms with Gasteiger partial charge in [0.05, 0.1) is 19.4 Å². The van der Waals surface area contributed by atoms with Crippen LogP contribution < -0.4 is 36.4 Å². The van der Waals surface area contributed by atoms with Gasteiger partial charge in [0.25, 0.3) is 0 Å². The van der Waals surface area contributed by atoms with Crippen molar-refractivity contribution < 1.29 is 23.3 Å². The molecule has 1 aromatic heterocycles. The lowest BCUT2D eigenvalue weighted by Gasteiger charge is -2.28. The van der Waals surface area contributed by atoms with Crippen LogP contribution >= 0.6 is 8.53 Å². The number of ether oxygens (including phenoxy) is 2. The highest BCUT2D eigenvalue weighted by molar-refractivity contribution is 7.45. The molecule has 1 saturated heterocycles. The summed E-state index contributed by atoms with van der Waals surface area (Å²) in [6.07, 6.45) is 4.35. The molecule has 6 N–H and O–H groups in total. The summed E-state index contributed by atoms with van der Waals surface area (Å²) in [4.78, 5) is 23.5. The Labute approximate surface area is 255 Å². The molecule has 5 unspecified atom stereocenters. The lowest BCUT2D eigenvalue weighted by Crippen LogP contribution is -2.39. The zero-order valence-electron chi connectivity index (χ0n) is 26.1. The number of hydrazine groups is 1. The Kier molecular flexibility index (Phi) is 11.6. The summed E-state index contributed by atoms with van der Waals surface area (Å²) in [7, 11) is 0.0402. The van der Waals surface area contributed by atoms with E-state index in [1.54, 1.807) is 14.0 Å². The molecule has 2 fully saturated rings. The number of anilines is 4. The fourth-order valence-electron chi connectivity index (χ4n) is 5.35. The SMILES string of the molecule is CC.Cc1ccc(OP(NC(C)C(=O)OC2CCCC2)OCC2CC(C)C(N3CNc4c(N(C)N)nc(N)nc43)O2)cc1. The van der Waals surface area contributed by atoms with Crippen LogP contribution in [-0.2, 0) is 18.8 Å². The molecule has 3 heterocycles. The maximum atomic E-state index is 12.8. The third-order valence-corrected chi connectivity index (χ3v) is 8.86. The van der Waals surface area contributed by atoms with Crippen molar-refractivity contribution in [1.82, 2.24) is 15.1 Å². The zero-order chi connectivity index (χ0) is 31.1. The number of nitrogens with two attached hydrogens (primary N) is 2. The predicted molar refractivity (Wildman–Crippen MR) is 169 cm³/mol. The van der Waals surface area contributed by atoms with Gasteiger partial charge in [-0.2, -0.15) is 9.97 Å². The van der Waals surface area contributed by atoms with Gasteiger partial charge in [-0.1, -0.05) is 38.5 Å². The number of hydrogen-bond acceptors (Lipinski definition) is 13. The summed E-state index contributed by atoms with van der Waals surface area (Å²) >= 11 is 0. The number of nitrogen functional groups attached to an aromatic ring is 1. The molecule has 5 atom stereocenters. The van der Waals surface area contributed by atoms with Gasteiger partial charge < -0.3 is 34.5 Å². The van der Waals surface area contributed by atoms with Crippen molar-refractivity contribution in [3.8, 4) is 5.75 Å². The summed E-state index contributed by atoms with van der Waals surface area (Å²) in [5, 5.41) is 7.95. The minimum absolute atomic E-state index is 0.00520. The van der Waals surface area contributed by atoms with Gasteiger partial charge in [0.1, 0.15) is 29.8 Å². The van der Waals surface area contributed by atoms with Crippen molar-refractivity contribution in [3.05, 3.63) is 29.8 Å². The molecule has 1 aromatic carbocycles. The summed E-state index contributed by atoms with van der Waals surface area (Å²) in [6, 6.07) is 7.13. The Hall–Kier alpha value is -2.96. The van der Waals surface area contributed by atoms with Crippen molar-refractivity contribution in [2.75, 3.05) is 41.3 Å². The molecule has 0 amide bonds. The molecule has 1 saturated carbocycles. The van der Waals surface area contributed by atoms with Gasteiger partial charge in [0, 0.05) is 13.0 Å². The summed E-state index contributed by atoms with van der Waals surface area (Å²) in [5.74, 6) is 7.82. The number of aromatic nitrogens is 2. The average Bonchev–Trinajstić information content (AvgIpc) is 3.73. The van der Waals surface area contributed by atoms with Crippen LogP contribution in [0.2, 0.25) is 0 Å². The number of carbonyl (C=O) groups excluding carboxylic acids is 1. The first-order valence-electron chi connectivity index (χ1n) is 15.1.